The number of nitrogens with zero attached hydrogens (tertiary/aromatic N) is 1. The lowest BCUT2D eigenvalue weighted by molar-refractivity contribution is -0.150. The smallest absolute Gasteiger partial charge is 0.333 e. The fourth-order valence-electron chi connectivity index (χ4n) is 4.62. The predicted octanol–water partition coefficient (Wildman–Crippen LogP) is 6.83. The van der Waals surface area contributed by atoms with Crippen LogP contribution in [0.2, 0.25) is 0 Å². The van der Waals surface area contributed by atoms with Gasteiger partial charge in [-0.2, -0.15) is 0 Å². The number of benzene rings is 4. The average Bonchev–Trinajstić information content (AvgIpc) is 3.00. The summed E-state index contributed by atoms with van der Waals surface area (Å²) in [4.78, 5) is 26.4. The van der Waals surface area contributed by atoms with Crippen LogP contribution < -0.4 is 4.74 Å². The maximum Gasteiger partial charge on any atom is 0.333 e. The van der Waals surface area contributed by atoms with Crippen LogP contribution >= 0.6 is 0 Å². The number of carbonyl (C=O) groups excluding carboxylic acids is 1. The molecule has 0 fully saturated rings. The summed E-state index contributed by atoms with van der Waals surface area (Å²) in [6.45, 7) is 3.48. The molecule has 0 aliphatic rings. The lowest BCUT2D eigenvalue weighted by atomic mass is 10.00. The van der Waals surface area contributed by atoms with E-state index in [0.29, 0.717) is 5.75 Å². The molecule has 0 heterocycles. The van der Waals surface area contributed by atoms with Crippen molar-refractivity contribution in [3.63, 3.8) is 0 Å². The molecule has 0 aromatic heterocycles. The third kappa shape index (κ3) is 8.01. The van der Waals surface area contributed by atoms with Crippen LogP contribution in [-0.4, -0.2) is 41.2 Å². The van der Waals surface area contributed by atoms with Crippen LogP contribution in [-0.2, 0) is 27.3 Å². The highest BCUT2D eigenvalue weighted by molar-refractivity contribution is 5.78. The second-order valence-electron chi connectivity index (χ2n) is 9.84. The van der Waals surface area contributed by atoms with E-state index in [1.807, 2.05) is 61.5 Å². The van der Waals surface area contributed by atoms with Crippen LogP contribution in [0, 0.1) is 11.6 Å². The molecule has 8 heteroatoms. The number of carboxylic acid groups (broad SMARTS) is 1. The standard InChI is InChI=1S/C34H33F2NO5/c1-3-41-32(34(39)40)19-24-9-17-30(18-10-24)42-22-33(38)37(21-28-15-16-29(35)20-31(28)36)23(2)25-11-13-27(14-12-25)26-7-5-4-6-8-26/h4-18,20,23,32H,3,19,21-22H2,1-2H3,(H,39,40)/t23?,32-/m0/s1. The number of hydrogen-bond donors (Lipinski definition) is 1. The maximum absolute atomic E-state index is 14.6. The summed E-state index contributed by atoms with van der Waals surface area (Å²) in [5.41, 5.74) is 3.86. The molecule has 0 spiro atoms. The topological polar surface area (TPSA) is 76.1 Å². The quantitative estimate of drug-likeness (QED) is 0.190. The van der Waals surface area contributed by atoms with Crippen molar-refractivity contribution in [2.75, 3.05) is 13.2 Å². The van der Waals surface area contributed by atoms with Gasteiger partial charge >= 0.3 is 5.97 Å². The molecule has 0 bridgehead atoms. The van der Waals surface area contributed by atoms with Crippen molar-refractivity contribution in [2.24, 2.45) is 0 Å². The molecule has 42 heavy (non-hydrogen) atoms. The van der Waals surface area contributed by atoms with Gasteiger partial charge in [0.1, 0.15) is 17.4 Å². The molecule has 0 saturated heterocycles. The Kier molecular flexibility index (Phi) is 10.4. The molecule has 4 rings (SSSR count). The zero-order chi connectivity index (χ0) is 30.1. The van der Waals surface area contributed by atoms with E-state index in [-0.39, 0.29) is 37.6 Å². The summed E-state index contributed by atoms with van der Waals surface area (Å²) in [5.74, 6) is -2.43. The Labute approximate surface area is 244 Å². The number of carboxylic acids is 1. The molecule has 0 aliphatic heterocycles. The summed E-state index contributed by atoms with van der Waals surface area (Å²) in [7, 11) is 0. The molecule has 2 atom stereocenters. The first-order chi connectivity index (χ1) is 20.2. The van der Waals surface area contributed by atoms with E-state index in [9.17, 15) is 23.5 Å². The SMILES string of the molecule is CCO[C@@H](Cc1ccc(OCC(=O)N(Cc2ccc(F)cc2F)C(C)c2ccc(-c3ccccc3)cc2)cc1)C(=O)O. The zero-order valence-electron chi connectivity index (χ0n) is 23.5. The highest BCUT2D eigenvalue weighted by Gasteiger charge is 2.24. The number of halogens is 2. The molecule has 0 saturated carbocycles. The van der Waals surface area contributed by atoms with Crippen LogP contribution in [0.1, 0.15) is 36.6 Å². The van der Waals surface area contributed by atoms with Crippen LogP contribution in [0.3, 0.4) is 0 Å². The minimum Gasteiger partial charge on any atom is -0.484 e. The van der Waals surface area contributed by atoms with Gasteiger partial charge in [-0.05, 0) is 54.3 Å². The molecule has 0 aliphatic carbocycles. The van der Waals surface area contributed by atoms with E-state index in [1.54, 1.807) is 31.2 Å². The molecule has 1 unspecified atom stereocenters. The highest BCUT2D eigenvalue weighted by Crippen LogP contribution is 2.27. The van der Waals surface area contributed by atoms with E-state index in [1.165, 1.54) is 17.0 Å². The zero-order valence-corrected chi connectivity index (χ0v) is 23.5. The fourth-order valence-corrected chi connectivity index (χ4v) is 4.62. The number of ether oxygens (including phenoxy) is 2. The minimum atomic E-state index is -1.04. The first-order valence-electron chi connectivity index (χ1n) is 13.7. The highest BCUT2D eigenvalue weighted by atomic mass is 19.1. The fraction of sp³-hybridized carbons (Fsp3) is 0.235. The third-order valence-electron chi connectivity index (χ3n) is 6.99. The number of amides is 1. The van der Waals surface area contributed by atoms with Gasteiger partial charge in [-0.25, -0.2) is 13.6 Å². The number of rotatable bonds is 13. The summed E-state index contributed by atoms with van der Waals surface area (Å²) in [6, 6.07) is 27.3. The first-order valence-corrected chi connectivity index (χ1v) is 13.7. The van der Waals surface area contributed by atoms with E-state index in [2.05, 4.69) is 0 Å². The Morgan fingerprint density at radius 1 is 0.881 bits per heavy atom. The Bertz CT molecular complexity index is 1480. The van der Waals surface area contributed by atoms with Gasteiger partial charge in [0.15, 0.2) is 12.7 Å². The largest absolute Gasteiger partial charge is 0.484 e. The van der Waals surface area contributed by atoms with E-state index in [0.717, 1.165) is 28.3 Å². The second-order valence-corrected chi connectivity index (χ2v) is 9.84. The summed E-state index contributed by atoms with van der Waals surface area (Å²) in [5, 5.41) is 9.31. The lowest BCUT2D eigenvalue weighted by Crippen LogP contribution is -2.37. The molecular formula is C34H33F2NO5. The molecule has 218 valence electrons. The van der Waals surface area contributed by atoms with Crippen LogP contribution in [0.15, 0.2) is 97.1 Å². The Morgan fingerprint density at radius 2 is 1.55 bits per heavy atom. The van der Waals surface area contributed by atoms with E-state index in [4.69, 9.17) is 9.47 Å². The normalized spacial score (nSPS) is 12.4. The number of aliphatic carboxylic acids is 1. The van der Waals surface area contributed by atoms with Crippen LogP contribution in [0.25, 0.3) is 11.1 Å². The Balaban J connectivity index is 1.49. The Hall–Kier alpha value is -4.56. The third-order valence-corrected chi connectivity index (χ3v) is 6.99. The molecule has 1 N–H and O–H groups in total. The molecule has 4 aromatic rings. The summed E-state index contributed by atoms with van der Waals surface area (Å²) >= 11 is 0. The lowest BCUT2D eigenvalue weighted by Gasteiger charge is -2.30. The van der Waals surface area contributed by atoms with Crippen molar-refractivity contribution in [2.45, 2.75) is 39.0 Å². The van der Waals surface area contributed by atoms with E-state index < -0.39 is 29.7 Å². The van der Waals surface area contributed by atoms with Gasteiger partial charge in [-0.15, -0.1) is 0 Å². The van der Waals surface area contributed by atoms with Crippen molar-refractivity contribution in [3.8, 4) is 16.9 Å². The van der Waals surface area contributed by atoms with Crippen LogP contribution in [0.4, 0.5) is 8.78 Å². The van der Waals surface area contributed by atoms with Gasteiger partial charge in [-0.1, -0.05) is 72.8 Å². The number of carbonyl (C=O) groups is 2. The molecule has 6 nitrogen and oxygen atoms in total. The Morgan fingerprint density at radius 3 is 2.17 bits per heavy atom. The monoisotopic (exact) mass is 573 g/mol. The van der Waals surface area contributed by atoms with Gasteiger partial charge in [0, 0.05) is 31.2 Å². The van der Waals surface area contributed by atoms with Crippen molar-refractivity contribution < 1.29 is 33.0 Å². The van der Waals surface area contributed by atoms with Gasteiger partial charge in [0.2, 0.25) is 0 Å². The van der Waals surface area contributed by atoms with Gasteiger partial charge in [0.05, 0.1) is 6.04 Å². The number of hydrogen-bond acceptors (Lipinski definition) is 4. The molecular weight excluding hydrogens is 540 g/mol. The first kappa shape index (κ1) is 30.4. The van der Waals surface area contributed by atoms with Gasteiger partial charge in [-0.3, -0.25) is 4.79 Å². The van der Waals surface area contributed by atoms with Crippen molar-refractivity contribution in [1.82, 2.24) is 4.90 Å². The molecule has 1 amide bonds. The summed E-state index contributed by atoms with van der Waals surface area (Å²) < 4.78 is 39.2. The van der Waals surface area contributed by atoms with E-state index >= 15 is 0 Å². The van der Waals surface area contributed by atoms with Gasteiger partial charge in [0.25, 0.3) is 5.91 Å². The second kappa shape index (κ2) is 14.4. The molecule has 0 radical (unpaired) electrons. The van der Waals surface area contributed by atoms with Crippen molar-refractivity contribution >= 4 is 11.9 Å². The predicted molar refractivity (Wildman–Crippen MR) is 156 cm³/mol. The maximum atomic E-state index is 14.6. The van der Waals surface area contributed by atoms with Crippen molar-refractivity contribution in [1.29, 1.82) is 0 Å². The summed E-state index contributed by atoms with van der Waals surface area (Å²) in [6.07, 6.45) is -0.757. The van der Waals surface area contributed by atoms with Crippen molar-refractivity contribution in [3.05, 3.63) is 125 Å². The minimum absolute atomic E-state index is 0.0805. The average molecular weight is 574 g/mol. The molecule has 4 aromatic carbocycles. The van der Waals surface area contributed by atoms with Crippen LogP contribution in [0.5, 0.6) is 5.75 Å². The van der Waals surface area contributed by atoms with Gasteiger partial charge < -0.3 is 19.5 Å².